The minimum absolute atomic E-state index is 0.0678. The molecule has 3 aromatic rings. The molecule has 8 heteroatoms. The van der Waals surface area contributed by atoms with Gasteiger partial charge in [0.2, 0.25) is 11.7 Å². The number of likely N-dealkylation sites (N-methyl/N-ethyl adjacent to an activating group) is 1. The maximum atomic E-state index is 12.0. The number of aromatic nitrogens is 2. The molecule has 0 atom stereocenters. The number of hydrogen-bond acceptors (Lipinski definition) is 7. The van der Waals surface area contributed by atoms with Crippen LogP contribution in [0.25, 0.3) is 11.4 Å². The summed E-state index contributed by atoms with van der Waals surface area (Å²) in [4.78, 5) is 30.7. The monoisotopic (exact) mass is 385 g/mol. The van der Waals surface area contributed by atoms with E-state index in [0.29, 0.717) is 18.3 Å². The van der Waals surface area contributed by atoms with Gasteiger partial charge in [-0.05, 0) is 11.4 Å². The number of thiophene rings is 1. The van der Waals surface area contributed by atoms with Crippen molar-refractivity contribution in [2.45, 2.75) is 19.4 Å². The van der Waals surface area contributed by atoms with Gasteiger partial charge in [0.1, 0.15) is 0 Å². The van der Waals surface area contributed by atoms with E-state index in [2.05, 4.69) is 10.1 Å². The van der Waals surface area contributed by atoms with E-state index in [4.69, 9.17) is 9.26 Å². The molecule has 0 aliphatic rings. The highest BCUT2D eigenvalue weighted by molar-refractivity contribution is 7.09. The van der Waals surface area contributed by atoms with Crippen molar-refractivity contribution >= 4 is 23.2 Å². The zero-order valence-electron chi connectivity index (χ0n) is 14.8. The summed E-state index contributed by atoms with van der Waals surface area (Å²) in [6.45, 7) is 0.220. The lowest BCUT2D eigenvalue weighted by molar-refractivity contribution is -0.151. The lowest BCUT2D eigenvalue weighted by Crippen LogP contribution is -2.30. The van der Waals surface area contributed by atoms with E-state index >= 15 is 0 Å². The van der Waals surface area contributed by atoms with Crippen LogP contribution < -0.4 is 0 Å². The van der Waals surface area contributed by atoms with Crippen molar-refractivity contribution in [3.63, 3.8) is 0 Å². The fourth-order valence-electron chi connectivity index (χ4n) is 2.32. The number of esters is 1. The summed E-state index contributed by atoms with van der Waals surface area (Å²) >= 11 is 1.57. The van der Waals surface area contributed by atoms with E-state index in [1.165, 1.54) is 4.90 Å². The number of rotatable bonds is 8. The molecule has 0 fully saturated rings. The molecule has 27 heavy (non-hydrogen) atoms. The Balaban J connectivity index is 1.41. The molecule has 0 radical (unpaired) electrons. The molecule has 0 saturated heterocycles. The molecule has 1 amide bonds. The fourth-order valence-corrected chi connectivity index (χ4v) is 3.08. The van der Waals surface area contributed by atoms with Gasteiger partial charge in [0.15, 0.2) is 6.61 Å². The number of carbonyl (C=O) groups excluding carboxylic acids is 2. The third-order valence-electron chi connectivity index (χ3n) is 3.80. The van der Waals surface area contributed by atoms with Gasteiger partial charge in [0.05, 0.1) is 13.0 Å². The summed E-state index contributed by atoms with van der Waals surface area (Å²) in [5.74, 6) is 0.101. The molecule has 0 saturated carbocycles. The Labute approximate surface area is 160 Å². The Bertz CT molecular complexity index is 878. The standard InChI is InChI=1S/C19H19N3O4S/c1-22(12-15-8-5-11-27-15)17(23)13-25-18(24)10-9-16-20-19(21-26-16)14-6-3-2-4-7-14/h2-8,11H,9-10,12-13H2,1H3. The molecule has 2 heterocycles. The van der Waals surface area contributed by atoms with Gasteiger partial charge in [-0.3, -0.25) is 9.59 Å². The van der Waals surface area contributed by atoms with Crippen LogP contribution in [0, 0.1) is 0 Å². The first-order valence-corrected chi connectivity index (χ1v) is 9.30. The Kier molecular flexibility index (Phi) is 6.32. The SMILES string of the molecule is CN(Cc1cccs1)C(=O)COC(=O)CCc1nc(-c2ccccc2)no1. The van der Waals surface area contributed by atoms with Crippen LogP contribution in [0.2, 0.25) is 0 Å². The topological polar surface area (TPSA) is 85.5 Å². The van der Waals surface area contributed by atoms with Gasteiger partial charge in [-0.1, -0.05) is 41.6 Å². The van der Waals surface area contributed by atoms with Gasteiger partial charge >= 0.3 is 5.97 Å². The van der Waals surface area contributed by atoms with E-state index in [1.807, 2.05) is 47.8 Å². The second-order valence-corrected chi connectivity index (χ2v) is 6.90. The molecular formula is C19H19N3O4S. The third kappa shape index (κ3) is 5.49. The van der Waals surface area contributed by atoms with Crippen molar-refractivity contribution < 1.29 is 18.8 Å². The van der Waals surface area contributed by atoms with Crippen LogP contribution in [-0.2, 0) is 27.3 Å². The van der Waals surface area contributed by atoms with Gasteiger partial charge in [-0.15, -0.1) is 11.3 Å². The first-order chi connectivity index (χ1) is 13.1. The minimum Gasteiger partial charge on any atom is -0.456 e. The predicted molar refractivity (Wildman–Crippen MR) is 99.8 cm³/mol. The van der Waals surface area contributed by atoms with E-state index in [1.54, 1.807) is 18.4 Å². The summed E-state index contributed by atoms with van der Waals surface area (Å²) in [5.41, 5.74) is 0.842. The molecule has 0 spiro atoms. The smallest absolute Gasteiger partial charge is 0.306 e. The van der Waals surface area contributed by atoms with Crippen molar-refractivity contribution in [3.8, 4) is 11.4 Å². The number of aryl methyl sites for hydroxylation is 1. The highest BCUT2D eigenvalue weighted by atomic mass is 32.1. The number of benzene rings is 1. The number of hydrogen-bond donors (Lipinski definition) is 0. The normalized spacial score (nSPS) is 10.6. The van der Waals surface area contributed by atoms with Crippen molar-refractivity contribution in [2.75, 3.05) is 13.7 Å². The van der Waals surface area contributed by atoms with E-state index in [0.717, 1.165) is 10.4 Å². The zero-order chi connectivity index (χ0) is 19.1. The van der Waals surface area contributed by atoms with E-state index in [9.17, 15) is 9.59 Å². The van der Waals surface area contributed by atoms with Gasteiger partial charge in [-0.2, -0.15) is 4.98 Å². The summed E-state index contributed by atoms with van der Waals surface area (Å²) in [6.07, 6.45) is 0.330. The molecule has 7 nitrogen and oxygen atoms in total. The lowest BCUT2D eigenvalue weighted by Gasteiger charge is -2.16. The number of ether oxygens (including phenoxy) is 1. The summed E-state index contributed by atoms with van der Waals surface area (Å²) < 4.78 is 10.2. The van der Waals surface area contributed by atoms with E-state index < -0.39 is 5.97 Å². The second kappa shape index (κ2) is 9.09. The maximum absolute atomic E-state index is 12.0. The predicted octanol–water partition coefficient (Wildman–Crippen LogP) is 2.93. The van der Waals surface area contributed by atoms with Crippen LogP contribution in [-0.4, -0.2) is 40.6 Å². The van der Waals surface area contributed by atoms with Crippen LogP contribution in [0.5, 0.6) is 0 Å². The molecule has 0 aliphatic heterocycles. The van der Waals surface area contributed by atoms with Crippen molar-refractivity contribution in [3.05, 3.63) is 58.6 Å². The summed E-state index contributed by atoms with van der Waals surface area (Å²) in [7, 11) is 1.68. The first-order valence-electron chi connectivity index (χ1n) is 8.42. The van der Waals surface area contributed by atoms with Crippen molar-refractivity contribution in [1.29, 1.82) is 0 Å². The molecule has 0 bridgehead atoms. The Morgan fingerprint density at radius 3 is 2.74 bits per heavy atom. The number of carbonyl (C=O) groups is 2. The molecule has 1 aromatic carbocycles. The molecule has 0 unspecified atom stereocenters. The third-order valence-corrected chi connectivity index (χ3v) is 4.66. The fraction of sp³-hybridized carbons (Fsp3) is 0.263. The van der Waals surface area contributed by atoms with Gasteiger partial charge < -0.3 is 14.2 Å². The van der Waals surface area contributed by atoms with Crippen molar-refractivity contribution in [1.82, 2.24) is 15.0 Å². The average molecular weight is 385 g/mol. The lowest BCUT2D eigenvalue weighted by atomic mass is 10.2. The number of nitrogens with zero attached hydrogens (tertiary/aromatic N) is 3. The molecule has 2 aromatic heterocycles. The molecule has 0 N–H and O–H groups in total. The summed E-state index contributed by atoms with van der Waals surface area (Å²) in [5, 5.41) is 5.85. The Morgan fingerprint density at radius 2 is 2.00 bits per heavy atom. The van der Waals surface area contributed by atoms with Gasteiger partial charge in [0, 0.05) is 23.9 Å². The van der Waals surface area contributed by atoms with Crippen molar-refractivity contribution in [2.24, 2.45) is 0 Å². The second-order valence-electron chi connectivity index (χ2n) is 5.87. The van der Waals surface area contributed by atoms with Crippen LogP contribution in [0.3, 0.4) is 0 Å². The minimum atomic E-state index is -0.479. The first kappa shape index (κ1) is 18.8. The van der Waals surface area contributed by atoms with Crippen LogP contribution in [0.15, 0.2) is 52.4 Å². The van der Waals surface area contributed by atoms with Gasteiger partial charge in [0.25, 0.3) is 5.91 Å². The quantitative estimate of drug-likeness (QED) is 0.554. The molecular weight excluding hydrogens is 366 g/mol. The van der Waals surface area contributed by atoms with Crippen LogP contribution >= 0.6 is 11.3 Å². The van der Waals surface area contributed by atoms with Crippen LogP contribution in [0.4, 0.5) is 0 Å². The van der Waals surface area contributed by atoms with E-state index in [-0.39, 0.29) is 25.4 Å². The Hall–Kier alpha value is -3.00. The zero-order valence-corrected chi connectivity index (χ0v) is 15.6. The highest BCUT2D eigenvalue weighted by Crippen LogP contribution is 2.15. The molecule has 0 aliphatic carbocycles. The summed E-state index contributed by atoms with van der Waals surface area (Å²) in [6, 6.07) is 13.3. The highest BCUT2D eigenvalue weighted by Gasteiger charge is 2.15. The van der Waals surface area contributed by atoms with Gasteiger partial charge in [-0.25, -0.2) is 0 Å². The maximum Gasteiger partial charge on any atom is 0.306 e. The van der Waals surface area contributed by atoms with Crippen LogP contribution in [0.1, 0.15) is 17.2 Å². The largest absolute Gasteiger partial charge is 0.456 e. The average Bonchev–Trinajstić information content (AvgIpc) is 3.37. The number of amides is 1. The molecule has 140 valence electrons. The Morgan fingerprint density at radius 1 is 1.19 bits per heavy atom. The molecule has 3 rings (SSSR count).